The molecule has 3 heteroatoms. The van der Waals surface area contributed by atoms with Gasteiger partial charge in [0.1, 0.15) is 0 Å². The van der Waals surface area contributed by atoms with E-state index in [4.69, 9.17) is 0 Å². The van der Waals surface area contributed by atoms with E-state index in [1.807, 2.05) is 0 Å². The van der Waals surface area contributed by atoms with Crippen LogP contribution in [0.2, 0.25) is 0 Å². The van der Waals surface area contributed by atoms with Crippen LogP contribution >= 0.6 is 11.8 Å². The first-order valence-electron chi connectivity index (χ1n) is 7.05. The number of hydrogen-bond acceptors (Lipinski definition) is 3. The molecule has 1 aliphatic heterocycles. The Balaban J connectivity index is 2.43. The Morgan fingerprint density at radius 3 is 2.65 bits per heavy atom. The van der Waals surface area contributed by atoms with Gasteiger partial charge in [-0.2, -0.15) is 11.8 Å². The summed E-state index contributed by atoms with van der Waals surface area (Å²) in [5, 5.41) is 3.47. The maximum atomic E-state index is 3.47. The van der Waals surface area contributed by atoms with Crippen molar-refractivity contribution in [1.29, 1.82) is 0 Å². The molecule has 0 aromatic rings. The van der Waals surface area contributed by atoms with Crippen LogP contribution in [-0.2, 0) is 0 Å². The van der Waals surface area contributed by atoms with Crippen LogP contribution in [0.3, 0.4) is 0 Å². The number of thioether (sulfide) groups is 1. The fourth-order valence-corrected chi connectivity index (χ4v) is 3.46. The summed E-state index contributed by atoms with van der Waals surface area (Å²) in [5.74, 6) is 2.02. The highest BCUT2D eigenvalue weighted by molar-refractivity contribution is 8.00. The first kappa shape index (κ1) is 15.3. The third kappa shape index (κ3) is 5.19. The van der Waals surface area contributed by atoms with Gasteiger partial charge in [-0.3, -0.25) is 4.90 Å². The predicted molar refractivity (Wildman–Crippen MR) is 79.9 cm³/mol. The van der Waals surface area contributed by atoms with Gasteiger partial charge in [-0.25, -0.2) is 0 Å². The largest absolute Gasteiger partial charge is 0.317 e. The summed E-state index contributed by atoms with van der Waals surface area (Å²) in [4.78, 5) is 2.68. The highest BCUT2D eigenvalue weighted by Crippen LogP contribution is 2.31. The van der Waals surface area contributed by atoms with Gasteiger partial charge in [-0.15, -0.1) is 0 Å². The second-order valence-corrected chi connectivity index (χ2v) is 7.72. The Kier molecular flexibility index (Phi) is 6.32. The standard InChI is InChI=1S/C14H30N2S/c1-6-15-11-12(2)13(3)16-8-7-14(4,5)17-10-9-16/h12-13,15H,6-11H2,1-5H3. The maximum Gasteiger partial charge on any atom is 0.0116 e. The van der Waals surface area contributed by atoms with Crippen molar-refractivity contribution >= 4 is 11.8 Å². The number of hydrogen-bond donors (Lipinski definition) is 1. The van der Waals surface area contributed by atoms with E-state index in [9.17, 15) is 0 Å². The van der Waals surface area contributed by atoms with Gasteiger partial charge in [-0.1, -0.05) is 27.7 Å². The van der Waals surface area contributed by atoms with Crippen molar-refractivity contribution in [2.24, 2.45) is 5.92 Å². The summed E-state index contributed by atoms with van der Waals surface area (Å²) in [6, 6.07) is 0.698. The van der Waals surface area contributed by atoms with Gasteiger partial charge in [0, 0.05) is 23.1 Å². The first-order valence-corrected chi connectivity index (χ1v) is 8.03. The van der Waals surface area contributed by atoms with E-state index >= 15 is 0 Å². The van der Waals surface area contributed by atoms with Crippen LogP contribution in [0, 0.1) is 5.92 Å². The number of nitrogens with one attached hydrogen (secondary N) is 1. The fourth-order valence-electron chi connectivity index (χ4n) is 2.35. The monoisotopic (exact) mass is 258 g/mol. The van der Waals surface area contributed by atoms with E-state index in [-0.39, 0.29) is 0 Å². The molecule has 102 valence electrons. The molecule has 1 saturated heterocycles. The Bertz CT molecular complexity index is 218. The molecule has 0 bridgehead atoms. The summed E-state index contributed by atoms with van der Waals surface area (Å²) in [6.45, 7) is 16.5. The molecule has 1 aliphatic rings. The summed E-state index contributed by atoms with van der Waals surface area (Å²) in [6.07, 6.45) is 1.32. The SMILES string of the molecule is CCNCC(C)C(C)N1CCSC(C)(C)CC1. The average molecular weight is 258 g/mol. The highest BCUT2D eigenvalue weighted by Gasteiger charge is 2.27. The van der Waals surface area contributed by atoms with Crippen LogP contribution in [0.4, 0.5) is 0 Å². The first-order chi connectivity index (χ1) is 7.96. The summed E-state index contributed by atoms with van der Waals surface area (Å²) in [7, 11) is 0. The molecule has 0 aromatic heterocycles. The lowest BCUT2D eigenvalue weighted by molar-refractivity contribution is 0.167. The van der Waals surface area contributed by atoms with Gasteiger partial charge in [0.15, 0.2) is 0 Å². The maximum absolute atomic E-state index is 3.47. The molecule has 2 atom stereocenters. The molecule has 2 nitrogen and oxygen atoms in total. The summed E-state index contributed by atoms with van der Waals surface area (Å²) < 4.78 is 0.472. The quantitative estimate of drug-likeness (QED) is 0.816. The van der Waals surface area contributed by atoms with Crippen molar-refractivity contribution in [3.63, 3.8) is 0 Å². The lowest BCUT2D eigenvalue weighted by Crippen LogP contribution is -2.42. The Morgan fingerprint density at radius 1 is 1.29 bits per heavy atom. The molecule has 1 N–H and O–H groups in total. The molecule has 0 radical (unpaired) electrons. The Morgan fingerprint density at radius 2 is 2.00 bits per heavy atom. The Labute approximate surface area is 112 Å². The highest BCUT2D eigenvalue weighted by atomic mass is 32.2. The normalized spacial score (nSPS) is 25.2. The van der Waals surface area contributed by atoms with Crippen LogP contribution in [0.5, 0.6) is 0 Å². The van der Waals surface area contributed by atoms with Crippen molar-refractivity contribution < 1.29 is 0 Å². The molecule has 0 aromatic carbocycles. The summed E-state index contributed by atoms with van der Waals surface area (Å²) in [5.41, 5.74) is 0. The lowest BCUT2D eigenvalue weighted by Gasteiger charge is -2.32. The van der Waals surface area contributed by atoms with Crippen LogP contribution in [0.15, 0.2) is 0 Å². The van der Waals surface area contributed by atoms with E-state index in [1.165, 1.54) is 25.3 Å². The van der Waals surface area contributed by atoms with E-state index in [0.717, 1.165) is 19.0 Å². The van der Waals surface area contributed by atoms with Crippen molar-refractivity contribution in [2.45, 2.75) is 51.8 Å². The van der Waals surface area contributed by atoms with E-state index in [0.29, 0.717) is 10.8 Å². The van der Waals surface area contributed by atoms with Crippen molar-refractivity contribution in [2.75, 3.05) is 31.9 Å². The number of nitrogens with zero attached hydrogens (tertiary/aromatic N) is 1. The smallest absolute Gasteiger partial charge is 0.0116 e. The van der Waals surface area contributed by atoms with Gasteiger partial charge in [0.2, 0.25) is 0 Å². The van der Waals surface area contributed by atoms with E-state index < -0.39 is 0 Å². The zero-order valence-corrected chi connectivity index (χ0v) is 13.1. The minimum atomic E-state index is 0.472. The van der Waals surface area contributed by atoms with Crippen LogP contribution in [-0.4, -0.2) is 47.6 Å². The zero-order chi connectivity index (χ0) is 12.9. The molecule has 1 fully saturated rings. The van der Waals surface area contributed by atoms with Crippen LogP contribution < -0.4 is 5.32 Å². The lowest BCUT2D eigenvalue weighted by atomic mass is 10.0. The minimum absolute atomic E-state index is 0.472. The predicted octanol–water partition coefficient (Wildman–Crippen LogP) is 2.84. The number of rotatable bonds is 5. The van der Waals surface area contributed by atoms with Gasteiger partial charge in [0.25, 0.3) is 0 Å². The second kappa shape index (κ2) is 7.01. The third-order valence-corrected chi connectivity index (χ3v) is 5.36. The van der Waals surface area contributed by atoms with Crippen LogP contribution in [0.1, 0.15) is 41.0 Å². The van der Waals surface area contributed by atoms with Crippen LogP contribution in [0.25, 0.3) is 0 Å². The molecule has 2 unspecified atom stereocenters. The second-order valence-electron chi connectivity index (χ2n) is 5.92. The van der Waals surface area contributed by atoms with Gasteiger partial charge >= 0.3 is 0 Å². The molecular weight excluding hydrogens is 228 g/mol. The topological polar surface area (TPSA) is 15.3 Å². The van der Waals surface area contributed by atoms with Crippen molar-refractivity contribution in [3.8, 4) is 0 Å². The molecule has 1 heterocycles. The molecule has 1 rings (SSSR count). The minimum Gasteiger partial charge on any atom is -0.317 e. The van der Waals surface area contributed by atoms with Gasteiger partial charge in [0.05, 0.1) is 0 Å². The zero-order valence-electron chi connectivity index (χ0n) is 12.3. The molecule has 0 spiro atoms. The molecular formula is C14H30N2S. The molecule has 0 saturated carbocycles. The Hall–Kier alpha value is 0.270. The van der Waals surface area contributed by atoms with Gasteiger partial charge in [-0.05, 0) is 38.9 Å². The molecule has 17 heavy (non-hydrogen) atoms. The average Bonchev–Trinajstić information content (AvgIpc) is 2.46. The van der Waals surface area contributed by atoms with Gasteiger partial charge < -0.3 is 5.32 Å². The fraction of sp³-hybridized carbons (Fsp3) is 1.00. The third-order valence-electron chi connectivity index (χ3n) is 3.99. The molecule has 0 amide bonds. The van der Waals surface area contributed by atoms with Crippen molar-refractivity contribution in [1.82, 2.24) is 10.2 Å². The summed E-state index contributed by atoms with van der Waals surface area (Å²) >= 11 is 2.13. The van der Waals surface area contributed by atoms with E-state index in [2.05, 4.69) is 56.6 Å². The van der Waals surface area contributed by atoms with E-state index in [1.54, 1.807) is 0 Å². The van der Waals surface area contributed by atoms with Crippen molar-refractivity contribution in [3.05, 3.63) is 0 Å². The molecule has 0 aliphatic carbocycles.